The van der Waals surface area contributed by atoms with Crippen LogP contribution in [0, 0.1) is 0 Å². The number of nitrogens with one attached hydrogen (secondary N) is 5. The maximum Gasteiger partial charge on any atom is 0.326 e. The Morgan fingerprint density at radius 2 is 1.11 bits per heavy atom. The summed E-state index contributed by atoms with van der Waals surface area (Å²) in [6.45, 7) is 0. The Morgan fingerprint density at radius 3 is 1.70 bits per heavy atom. The second-order valence-corrected chi connectivity index (χ2v) is 14.9. The van der Waals surface area contributed by atoms with Gasteiger partial charge in [-0.1, -0.05) is 103 Å². The summed E-state index contributed by atoms with van der Waals surface area (Å²) < 4.78 is 0. The molecular weight excluding hydrogens is 743 g/mol. The van der Waals surface area contributed by atoms with E-state index >= 15 is 0 Å². The smallest absolute Gasteiger partial charge is 0.326 e. The van der Waals surface area contributed by atoms with Crippen molar-refractivity contribution in [2.75, 3.05) is 5.32 Å². The van der Waals surface area contributed by atoms with Gasteiger partial charge in [0.15, 0.2) is 0 Å². The van der Waals surface area contributed by atoms with E-state index in [1.807, 2.05) is 78.2 Å². The molecule has 1 aromatic heterocycles. The van der Waals surface area contributed by atoms with Crippen LogP contribution in [-0.2, 0) is 54.5 Å². The summed E-state index contributed by atoms with van der Waals surface area (Å²) >= 11 is 1.41. The molecule has 12 nitrogen and oxygen atoms in total. The van der Waals surface area contributed by atoms with E-state index in [0.29, 0.717) is 22.4 Å². The third kappa shape index (κ3) is 11.7. The number of fused-ring (bicyclic) bond motifs is 18. The van der Waals surface area contributed by atoms with Crippen molar-refractivity contribution in [1.82, 2.24) is 21.3 Å². The number of carboxylic acid groups (broad SMARTS) is 1. The molecule has 0 unspecified atom stereocenters. The number of benzene rings is 4. The van der Waals surface area contributed by atoms with Gasteiger partial charge >= 0.3 is 5.97 Å². The van der Waals surface area contributed by atoms with Crippen molar-refractivity contribution in [1.29, 1.82) is 0 Å². The zero-order chi connectivity index (χ0) is 40.1. The SMILES string of the molecule is O=C1CCC(=O)N[C@@H](Cc2cccs2)C(=O)N[C@H](Cc2ccc(-c3ccccc3)cc2)C(=O)N[C@H](Cc2ccccc2)C(=O)N[C@@H](C(=O)O)Cc2ccc(cc2)N1. The lowest BCUT2D eigenvalue weighted by molar-refractivity contribution is -0.142. The van der Waals surface area contributed by atoms with Crippen molar-refractivity contribution in [3.63, 3.8) is 0 Å². The largest absolute Gasteiger partial charge is 0.480 e. The Balaban J connectivity index is 1.34. The first-order valence-corrected chi connectivity index (χ1v) is 19.5. The highest BCUT2D eigenvalue weighted by Crippen LogP contribution is 2.21. The molecule has 57 heavy (non-hydrogen) atoms. The third-order valence-electron chi connectivity index (χ3n) is 9.56. The first-order valence-electron chi connectivity index (χ1n) is 18.6. The monoisotopic (exact) mass is 785 g/mol. The van der Waals surface area contributed by atoms with E-state index < -0.39 is 59.7 Å². The predicted molar refractivity (Wildman–Crippen MR) is 217 cm³/mol. The third-order valence-corrected chi connectivity index (χ3v) is 10.5. The molecule has 292 valence electrons. The van der Waals surface area contributed by atoms with Crippen LogP contribution in [0.5, 0.6) is 0 Å². The van der Waals surface area contributed by atoms with Gasteiger partial charge in [-0.2, -0.15) is 0 Å². The van der Waals surface area contributed by atoms with Gasteiger partial charge < -0.3 is 31.7 Å². The second-order valence-electron chi connectivity index (χ2n) is 13.8. The first kappa shape index (κ1) is 40.1. The van der Waals surface area contributed by atoms with Gasteiger partial charge in [0, 0.05) is 49.1 Å². The minimum Gasteiger partial charge on any atom is -0.480 e. The van der Waals surface area contributed by atoms with Crippen molar-refractivity contribution in [3.05, 3.63) is 148 Å². The standard InChI is InChI=1S/C44H43N5O7S/c50-39-21-22-40(51)46-37(27-34-12-7-23-57-34)43(54)48-36(25-29-13-17-32(18-14-29)31-10-5-2-6-11-31)41(52)47-35(24-28-8-3-1-4-9-28)42(53)49-38(44(55)56)26-30-15-19-33(45-39)20-16-30/h1-20,23,35-38H,21-22,24-27H2,(H,45,50)(H,46,51)(H,47,52)(H,48,54)(H,49,53)(H,55,56)/t35-,36-,37+,38-/m1/s1. The fourth-order valence-corrected chi connectivity index (χ4v) is 7.25. The molecule has 5 amide bonds. The highest BCUT2D eigenvalue weighted by Gasteiger charge is 2.32. The van der Waals surface area contributed by atoms with Gasteiger partial charge in [-0.15, -0.1) is 11.3 Å². The maximum atomic E-state index is 14.4. The number of rotatable bonds is 8. The number of carbonyl (C=O) groups excluding carboxylic acids is 5. The molecule has 13 heteroatoms. The van der Waals surface area contributed by atoms with Gasteiger partial charge in [0.25, 0.3) is 0 Å². The minimum absolute atomic E-state index is 0.0275. The molecule has 0 saturated heterocycles. The minimum atomic E-state index is -1.35. The Kier molecular flexibility index (Phi) is 13.6. The van der Waals surface area contributed by atoms with Crippen LogP contribution in [0.2, 0.25) is 0 Å². The molecule has 2 bridgehead atoms. The number of carboxylic acids is 1. The van der Waals surface area contributed by atoms with E-state index in [-0.39, 0.29) is 38.5 Å². The van der Waals surface area contributed by atoms with Crippen LogP contribution < -0.4 is 26.6 Å². The summed E-state index contributed by atoms with van der Waals surface area (Å²) in [6, 6.07) is 31.5. The van der Waals surface area contributed by atoms with Gasteiger partial charge in [0.2, 0.25) is 29.5 Å². The molecule has 2 aliphatic heterocycles. The number of anilines is 1. The fraction of sp³-hybridized carbons (Fsp3) is 0.227. The van der Waals surface area contributed by atoms with Gasteiger partial charge in [0.1, 0.15) is 24.2 Å². The van der Waals surface area contributed by atoms with Gasteiger partial charge in [-0.3, -0.25) is 24.0 Å². The molecule has 0 aliphatic carbocycles. The maximum absolute atomic E-state index is 14.4. The van der Waals surface area contributed by atoms with Crippen molar-refractivity contribution < 1.29 is 33.9 Å². The van der Waals surface area contributed by atoms with Crippen LogP contribution in [0.1, 0.15) is 34.4 Å². The zero-order valence-corrected chi connectivity index (χ0v) is 31.8. The molecule has 5 aromatic rings. The average Bonchev–Trinajstić information content (AvgIpc) is 3.73. The first-order chi connectivity index (χ1) is 27.6. The lowest BCUT2D eigenvalue weighted by Gasteiger charge is -2.26. The molecule has 7 rings (SSSR count). The van der Waals surface area contributed by atoms with Crippen LogP contribution in [-0.4, -0.2) is 64.8 Å². The van der Waals surface area contributed by atoms with Gasteiger partial charge in [-0.25, -0.2) is 4.79 Å². The molecule has 2 aliphatic rings. The number of carbonyl (C=O) groups is 6. The summed E-state index contributed by atoms with van der Waals surface area (Å²) in [7, 11) is 0. The Labute approximate surface area is 334 Å². The molecule has 0 fully saturated rings. The van der Waals surface area contributed by atoms with Crippen LogP contribution >= 0.6 is 11.3 Å². The van der Waals surface area contributed by atoms with Crippen molar-refractivity contribution in [2.24, 2.45) is 0 Å². The summed E-state index contributed by atoms with van der Waals surface area (Å²) in [5.41, 5.74) is 4.40. The molecule has 6 N–H and O–H groups in total. The fourth-order valence-electron chi connectivity index (χ4n) is 6.50. The summed E-state index contributed by atoms with van der Waals surface area (Å²) in [5, 5.41) is 25.7. The lowest BCUT2D eigenvalue weighted by Crippen LogP contribution is -2.59. The topological polar surface area (TPSA) is 183 Å². The average molecular weight is 786 g/mol. The highest BCUT2D eigenvalue weighted by molar-refractivity contribution is 7.09. The zero-order valence-electron chi connectivity index (χ0n) is 31.0. The normalized spacial score (nSPS) is 19.9. The molecule has 4 aromatic carbocycles. The van der Waals surface area contributed by atoms with E-state index in [4.69, 9.17) is 0 Å². The van der Waals surface area contributed by atoms with Crippen molar-refractivity contribution in [2.45, 2.75) is 62.7 Å². The van der Waals surface area contributed by atoms with Crippen LogP contribution in [0.25, 0.3) is 11.1 Å². The van der Waals surface area contributed by atoms with E-state index in [2.05, 4.69) is 26.6 Å². The molecule has 0 spiro atoms. The van der Waals surface area contributed by atoms with Crippen molar-refractivity contribution in [3.8, 4) is 11.1 Å². The number of hydrogen-bond donors (Lipinski definition) is 6. The summed E-state index contributed by atoms with van der Waals surface area (Å²) in [4.78, 5) is 81.8. The molecule has 0 saturated carbocycles. The Morgan fingerprint density at radius 1 is 0.561 bits per heavy atom. The number of amides is 5. The highest BCUT2D eigenvalue weighted by atomic mass is 32.1. The van der Waals surface area contributed by atoms with E-state index in [1.165, 1.54) is 11.3 Å². The van der Waals surface area contributed by atoms with Crippen LogP contribution in [0.4, 0.5) is 5.69 Å². The molecular formula is C44H43N5O7S. The second kappa shape index (κ2) is 19.3. The van der Waals surface area contributed by atoms with Crippen molar-refractivity contribution >= 4 is 52.5 Å². The van der Waals surface area contributed by atoms with E-state index in [0.717, 1.165) is 16.0 Å². The predicted octanol–water partition coefficient (Wildman–Crippen LogP) is 4.44. The van der Waals surface area contributed by atoms with Crippen LogP contribution in [0.3, 0.4) is 0 Å². The number of aliphatic carboxylic acids is 1. The lowest BCUT2D eigenvalue weighted by atomic mass is 9.99. The van der Waals surface area contributed by atoms with E-state index in [9.17, 15) is 33.9 Å². The Hall–Kier alpha value is -6.60. The van der Waals surface area contributed by atoms with Gasteiger partial charge in [-0.05, 0) is 51.4 Å². The molecule has 3 heterocycles. The van der Waals surface area contributed by atoms with Crippen LogP contribution in [0.15, 0.2) is 127 Å². The molecule has 4 atom stereocenters. The summed E-state index contributed by atoms with van der Waals surface area (Å²) in [6.07, 6.45) is -0.261. The quantitative estimate of drug-likeness (QED) is 0.126. The number of hydrogen-bond acceptors (Lipinski definition) is 7. The Bertz CT molecular complexity index is 2160. The summed E-state index contributed by atoms with van der Waals surface area (Å²) in [5.74, 6) is -4.28. The molecule has 0 radical (unpaired) electrons. The number of thiophene rings is 1. The van der Waals surface area contributed by atoms with Gasteiger partial charge in [0.05, 0.1) is 0 Å². The van der Waals surface area contributed by atoms with E-state index in [1.54, 1.807) is 48.5 Å².